The van der Waals surface area contributed by atoms with Crippen LogP contribution in [0.1, 0.15) is 42.4 Å². The Balaban J connectivity index is 1.72. The largest absolute Gasteiger partial charge is 0.489 e. The van der Waals surface area contributed by atoms with Gasteiger partial charge in [0.2, 0.25) is 0 Å². The Labute approximate surface area is 149 Å². The summed E-state index contributed by atoms with van der Waals surface area (Å²) in [5.41, 5.74) is 12.5. The highest BCUT2D eigenvalue weighted by Gasteiger charge is 2.38. The second kappa shape index (κ2) is 5.79. The van der Waals surface area contributed by atoms with Crippen molar-refractivity contribution < 1.29 is 4.74 Å². The summed E-state index contributed by atoms with van der Waals surface area (Å²) in [4.78, 5) is 0. The summed E-state index contributed by atoms with van der Waals surface area (Å²) in [6.07, 6.45) is 5.50. The highest BCUT2D eigenvalue weighted by molar-refractivity contribution is 6.31. The van der Waals surface area contributed by atoms with Gasteiger partial charge in [0.15, 0.2) is 0 Å². The highest BCUT2D eigenvalue weighted by Crippen LogP contribution is 2.45. The van der Waals surface area contributed by atoms with Crippen LogP contribution in [0.4, 0.5) is 0 Å². The highest BCUT2D eigenvalue weighted by atomic mass is 35.5. The molecule has 0 radical (unpaired) electrons. The van der Waals surface area contributed by atoms with E-state index in [1.165, 1.54) is 28.7 Å². The van der Waals surface area contributed by atoms with Crippen LogP contribution in [0.25, 0.3) is 11.1 Å². The Kier molecular flexibility index (Phi) is 3.85. The third kappa shape index (κ3) is 2.72. The molecule has 0 spiro atoms. The van der Waals surface area contributed by atoms with Gasteiger partial charge in [-0.1, -0.05) is 29.8 Å². The van der Waals surface area contributed by atoms with E-state index >= 15 is 0 Å². The van der Waals surface area contributed by atoms with Crippen molar-refractivity contribution in [2.24, 2.45) is 5.73 Å². The molecule has 0 bridgehead atoms. The average molecular weight is 342 g/mol. The molecular formula is C21H24ClNO. The third-order valence-electron chi connectivity index (χ3n) is 5.60. The molecule has 1 saturated carbocycles. The van der Waals surface area contributed by atoms with E-state index in [0.717, 1.165) is 42.0 Å². The van der Waals surface area contributed by atoms with Gasteiger partial charge in [-0.25, -0.2) is 0 Å². The van der Waals surface area contributed by atoms with Gasteiger partial charge in [-0.05, 0) is 67.5 Å². The zero-order valence-electron chi connectivity index (χ0n) is 14.4. The van der Waals surface area contributed by atoms with Gasteiger partial charge in [0.05, 0.1) is 0 Å². The molecule has 3 heteroatoms. The number of hydrogen-bond acceptors (Lipinski definition) is 2. The second-order valence-corrected chi connectivity index (χ2v) is 8.01. The van der Waals surface area contributed by atoms with E-state index in [1.807, 2.05) is 6.07 Å². The van der Waals surface area contributed by atoms with Crippen molar-refractivity contribution in [3.8, 4) is 16.9 Å². The molecule has 1 atom stereocenters. The van der Waals surface area contributed by atoms with Gasteiger partial charge in [0.25, 0.3) is 0 Å². The summed E-state index contributed by atoms with van der Waals surface area (Å²) in [6, 6.07) is 10.5. The smallest absolute Gasteiger partial charge is 0.131 e. The molecule has 126 valence electrons. The standard InChI is InChI=1S/C21H24ClNO/c1-13-5-3-6-14(2)19(13)18-11-16(22)9-15-10-17(24-20(15)18)12-21(23)7-4-8-21/h3,5-6,9,11,17H,4,7-8,10,12,23H2,1-2H3. The van der Waals surface area contributed by atoms with E-state index in [2.05, 4.69) is 38.1 Å². The lowest BCUT2D eigenvalue weighted by Gasteiger charge is -2.39. The molecule has 2 N–H and O–H groups in total. The molecule has 2 nitrogen and oxygen atoms in total. The molecule has 4 rings (SSSR count). The third-order valence-corrected chi connectivity index (χ3v) is 5.81. The number of halogens is 1. The first-order valence-corrected chi connectivity index (χ1v) is 9.17. The molecule has 1 heterocycles. The SMILES string of the molecule is Cc1cccc(C)c1-c1cc(Cl)cc2c1OC(CC1(N)CCC1)C2. The number of rotatable bonds is 3. The topological polar surface area (TPSA) is 35.2 Å². The van der Waals surface area contributed by atoms with Crippen molar-refractivity contribution in [2.75, 3.05) is 0 Å². The molecule has 2 aliphatic rings. The Morgan fingerprint density at radius 2 is 1.92 bits per heavy atom. The lowest BCUT2D eigenvalue weighted by molar-refractivity contribution is 0.133. The van der Waals surface area contributed by atoms with Crippen LogP contribution in [0.5, 0.6) is 5.75 Å². The van der Waals surface area contributed by atoms with Crippen molar-refractivity contribution in [3.63, 3.8) is 0 Å². The lowest BCUT2D eigenvalue weighted by atomic mass is 9.74. The molecule has 1 unspecified atom stereocenters. The van der Waals surface area contributed by atoms with Gasteiger partial charge in [-0.15, -0.1) is 0 Å². The molecule has 1 fully saturated rings. The lowest BCUT2D eigenvalue weighted by Crippen LogP contribution is -2.49. The number of ether oxygens (including phenoxy) is 1. The van der Waals surface area contributed by atoms with Crippen molar-refractivity contribution in [2.45, 2.75) is 57.6 Å². The van der Waals surface area contributed by atoms with Crippen LogP contribution < -0.4 is 10.5 Å². The zero-order chi connectivity index (χ0) is 16.9. The minimum absolute atomic E-state index is 0.0186. The summed E-state index contributed by atoms with van der Waals surface area (Å²) in [5, 5.41) is 0.779. The first-order chi connectivity index (χ1) is 11.5. The maximum absolute atomic E-state index is 6.44. The van der Waals surface area contributed by atoms with E-state index < -0.39 is 0 Å². The molecule has 1 aliphatic carbocycles. The minimum Gasteiger partial charge on any atom is -0.489 e. The van der Waals surface area contributed by atoms with Gasteiger partial charge >= 0.3 is 0 Å². The summed E-state index contributed by atoms with van der Waals surface area (Å²) in [7, 11) is 0. The van der Waals surface area contributed by atoms with E-state index in [4.69, 9.17) is 22.1 Å². The van der Waals surface area contributed by atoms with E-state index in [0.29, 0.717) is 0 Å². The van der Waals surface area contributed by atoms with Crippen LogP contribution in [0.2, 0.25) is 5.02 Å². The number of aryl methyl sites for hydroxylation is 2. The Morgan fingerprint density at radius 1 is 1.21 bits per heavy atom. The first kappa shape index (κ1) is 16.0. The van der Waals surface area contributed by atoms with Crippen molar-refractivity contribution in [3.05, 3.63) is 52.0 Å². The van der Waals surface area contributed by atoms with Crippen LogP contribution in [-0.4, -0.2) is 11.6 Å². The van der Waals surface area contributed by atoms with E-state index in [1.54, 1.807) is 0 Å². The van der Waals surface area contributed by atoms with Gasteiger partial charge in [-0.2, -0.15) is 0 Å². The summed E-state index contributed by atoms with van der Waals surface area (Å²) in [5.74, 6) is 1.00. The molecule has 0 saturated heterocycles. The van der Waals surface area contributed by atoms with Crippen molar-refractivity contribution in [1.82, 2.24) is 0 Å². The predicted octanol–water partition coefficient (Wildman–Crippen LogP) is 5.20. The fraction of sp³-hybridized carbons (Fsp3) is 0.429. The van der Waals surface area contributed by atoms with Crippen LogP contribution in [0.15, 0.2) is 30.3 Å². The van der Waals surface area contributed by atoms with E-state index in [-0.39, 0.29) is 11.6 Å². The van der Waals surface area contributed by atoms with Crippen LogP contribution in [0.3, 0.4) is 0 Å². The fourth-order valence-corrected chi connectivity index (χ4v) is 4.46. The number of hydrogen-bond donors (Lipinski definition) is 1. The predicted molar refractivity (Wildman–Crippen MR) is 99.9 cm³/mol. The number of benzene rings is 2. The summed E-state index contributed by atoms with van der Waals surface area (Å²) >= 11 is 6.42. The first-order valence-electron chi connectivity index (χ1n) is 8.80. The normalized spacial score (nSPS) is 21.1. The monoisotopic (exact) mass is 341 g/mol. The van der Waals surface area contributed by atoms with Crippen molar-refractivity contribution in [1.29, 1.82) is 0 Å². The molecule has 2 aromatic rings. The molecular weight excluding hydrogens is 318 g/mol. The fourth-order valence-electron chi connectivity index (χ4n) is 4.22. The van der Waals surface area contributed by atoms with E-state index in [9.17, 15) is 0 Å². The van der Waals surface area contributed by atoms with Crippen LogP contribution in [0, 0.1) is 13.8 Å². The number of fused-ring (bicyclic) bond motifs is 1. The van der Waals surface area contributed by atoms with Crippen LogP contribution in [-0.2, 0) is 6.42 Å². The zero-order valence-corrected chi connectivity index (χ0v) is 15.1. The van der Waals surface area contributed by atoms with Crippen molar-refractivity contribution >= 4 is 11.6 Å². The Hall–Kier alpha value is -1.51. The molecule has 0 amide bonds. The molecule has 0 aromatic heterocycles. The number of nitrogens with two attached hydrogens (primary N) is 1. The second-order valence-electron chi connectivity index (χ2n) is 7.57. The maximum atomic E-state index is 6.44. The van der Waals surface area contributed by atoms with Gasteiger partial charge in [0.1, 0.15) is 11.9 Å². The van der Waals surface area contributed by atoms with Gasteiger partial charge in [0, 0.05) is 29.0 Å². The maximum Gasteiger partial charge on any atom is 0.131 e. The Bertz CT molecular complexity index is 774. The summed E-state index contributed by atoms with van der Waals surface area (Å²) < 4.78 is 6.39. The van der Waals surface area contributed by atoms with Gasteiger partial charge < -0.3 is 10.5 Å². The summed E-state index contributed by atoms with van der Waals surface area (Å²) in [6.45, 7) is 4.29. The quantitative estimate of drug-likeness (QED) is 0.832. The molecule has 2 aromatic carbocycles. The van der Waals surface area contributed by atoms with Gasteiger partial charge in [-0.3, -0.25) is 0 Å². The average Bonchev–Trinajstić information content (AvgIpc) is 2.87. The molecule has 24 heavy (non-hydrogen) atoms. The minimum atomic E-state index is -0.0186. The van der Waals surface area contributed by atoms with Crippen LogP contribution >= 0.6 is 11.6 Å². The molecule has 1 aliphatic heterocycles. The Morgan fingerprint density at radius 3 is 2.54 bits per heavy atom.